The second-order valence-corrected chi connectivity index (χ2v) is 5.00. The summed E-state index contributed by atoms with van der Waals surface area (Å²) in [4.78, 5) is 2.11. The lowest BCUT2D eigenvalue weighted by Gasteiger charge is -2.32. The molecule has 0 bridgehead atoms. The maximum absolute atomic E-state index is 12.3. The Morgan fingerprint density at radius 2 is 1.61 bits per heavy atom. The Hall–Kier alpha value is -0.250. The molecule has 0 saturated heterocycles. The first kappa shape index (κ1) is 17.8. The molecule has 4 heteroatoms. The Morgan fingerprint density at radius 1 is 1.11 bits per heavy atom. The lowest BCUT2D eigenvalue weighted by molar-refractivity contribution is -0.172. The van der Waals surface area contributed by atoms with Crippen LogP contribution >= 0.6 is 0 Å². The molecule has 1 aliphatic carbocycles. The molecule has 1 nitrogen and oxygen atoms in total. The molecule has 0 aromatic heterocycles. The highest BCUT2D eigenvalue weighted by atomic mass is 19.4. The SMILES string of the molecule is CC.CC(CCN(C)C1CCCCC1)C(F)(F)F. The maximum Gasteiger partial charge on any atom is 0.391 e. The van der Waals surface area contributed by atoms with Crippen molar-refractivity contribution < 1.29 is 13.2 Å². The summed E-state index contributed by atoms with van der Waals surface area (Å²) >= 11 is 0. The van der Waals surface area contributed by atoms with Crippen molar-refractivity contribution in [2.75, 3.05) is 13.6 Å². The van der Waals surface area contributed by atoms with E-state index in [1.165, 1.54) is 26.2 Å². The summed E-state index contributed by atoms with van der Waals surface area (Å²) in [6.45, 7) is 5.83. The monoisotopic (exact) mass is 267 g/mol. The molecule has 0 heterocycles. The highest BCUT2D eigenvalue weighted by Gasteiger charge is 2.35. The van der Waals surface area contributed by atoms with Crippen LogP contribution in [-0.4, -0.2) is 30.7 Å². The molecule has 0 aliphatic heterocycles. The van der Waals surface area contributed by atoms with Crippen LogP contribution in [0.1, 0.15) is 59.3 Å². The molecule has 0 aromatic carbocycles. The molecule has 1 fully saturated rings. The van der Waals surface area contributed by atoms with Gasteiger partial charge in [-0.25, -0.2) is 0 Å². The summed E-state index contributed by atoms with van der Waals surface area (Å²) in [5.74, 6) is -1.18. The largest absolute Gasteiger partial charge is 0.391 e. The molecule has 1 unspecified atom stereocenters. The zero-order valence-electron chi connectivity index (χ0n) is 12.2. The van der Waals surface area contributed by atoms with E-state index in [1.54, 1.807) is 0 Å². The van der Waals surface area contributed by atoms with Gasteiger partial charge in [-0.1, -0.05) is 40.0 Å². The molecule has 0 N–H and O–H groups in total. The first-order valence-corrected chi connectivity index (χ1v) is 7.18. The lowest BCUT2D eigenvalue weighted by Crippen LogP contribution is -2.36. The lowest BCUT2D eigenvalue weighted by atomic mass is 9.94. The minimum absolute atomic E-state index is 0.219. The van der Waals surface area contributed by atoms with Gasteiger partial charge in [0.25, 0.3) is 0 Å². The second-order valence-electron chi connectivity index (χ2n) is 5.00. The molecule has 0 spiro atoms. The minimum atomic E-state index is -4.03. The zero-order chi connectivity index (χ0) is 14.2. The number of alkyl halides is 3. The standard InChI is InChI=1S/C12H22F3N.C2H6/c1-10(12(13,14)15)8-9-16(2)11-6-4-3-5-7-11;1-2/h10-11H,3-9H2,1-2H3;1-2H3. The summed E-state index contributed by atoms with van der Waals surface area (Å²) < 4.78 is 37.0. The summed E-state index contributed by atoms with van der Waals surface area (Å²) in [6.07, 6.45) is 2.22. The van der Waals surface area contributed by atoms with Crippen molar-refractivity contribution in [3.63, 3.8) is 0 Å². The van der Waals surface area contributed by atoms with Gasteiger partial charge in [0.05, 0.1) is 5.92 Å². The smallest absolute Gasteiger partial charge is 0.303 e. The van der Waals surface area contributed by atoms with E-state index in [1.807, 2.05) is 20.9 Å². The van der Waals surface area contributed by atoms with Gasteiger partial charge in [-0.05, 0) is 32.9 Å². The average Bonchev–Trinajstić information content (AvgIpc) is 2.37. The molecule has 1 aliphatic rings. The fourth-order valence-electron chi connectivity index (χ4n) is 2.27. The van der Waals surface area contributed by atoms with E-state index in [4.69, 9.17) is 0 Å². The number of rotatable bonds is 4. The molecule has 1 atom stereocenters. The number of nitrogens with zero attached hydrogens (tertiary/aromatic N) is 1. The summed E-state index contributed by atoms with van der Waals surface area (Å²) in [5, 5.41) is 0. The van der Waals surface area contributed by atoms with Crippen molar-refractivity contribution in [1.82, 2.24) is 4.90 Å². The number of halogens is 3. The summed E-state index contributed by atoms with van der Waals surface area (Å²) in [7, 11) is 1.96. The zero-order valence-corrected chi connectivity index (χ0v) is 12.2. The number of hydrogen-bond donors (Lipinski definition) is 0. The summed E-state index contributed by atoms with van der Waals surface area (Å²) in [6, 6.07) is 0.509. The van der Waals surface area contributed by atoms with Gasteiger partial charge in [-0.3, -0.25) is 0 Å². The molecule has 18 heavy (non-hydrogen) atoms. The highest BCUT2D eigenvalue weighted by molar-refractivity contribution is 4.74. The van der Waals surface area contributed by atoms with Crippen molar-refractivity contribution in [1.29, 1.82) is 0 Å². The first-order chi connectivity index (χ1) is 8.41. The Morgan fingerprint density at radius 3 is 2.06 bits per heavy atom. The van der Waals surface area contributed by atoms with E-state index in [2.05, 4.69) is 4.90 Å². The predicted octanol–water partition coefficient (Wildman–Crippen LogP) is 4.87. The molecule has 1 saturated carbocycles. The van der Waals surface area contributed by atoms with Gasteiger partial charge < -0.3 is 4.90 Å². The van der Waals surface area contributed by atoms with E-state index >= 15 is 0 Å². The molecule has 0 aromatic rings. The molecule has 0 radical (unpaired) electrons. The van der Waals surface area contributed by atoms with Crippen LogP contribution in [0.3, 0.4) is 0 Å². The van der Waals surface area contributed by atoms with Crippen LogP contribution in [-0.2, 0) is 0 Å². The molecule has 110 valence electrons. The minimum Gasteiger partial charge on any atom is -0.303 e. The van der Waals surface area contributed by atoms with E-state index < -0.39 is 12.1 Å². The molecular weight excluding hydrogens is 239 g/mol. The third-order valence-electron chi connectivity index (χ3n) is 3.67. The van der Waals surface area contributed by atoms with Crippen LogP contribution in [0.2, 0.25) is 0 Å². The summed E-state index contributed by atoms with van der Waals surface area (Å²) in [5.41, 5.74) is 0. The topological polar surface area (TPSA) is 3.24 Å². The molecular formula is C14H28F3N. The average molecular weight is 267 g/mol. The van der Waals surface area contributed by atoms with E-state index in [0.717, 1.165) is 12.8 Å². The number of hydrogen-bond acceptors (Lipinski definition) is 1. The maximum atomic E-state index is 12.3. The fourth-order valence-corrected chi connectivity index (χ4v) is 2.27. The van der Waals surface area contributed by atoms with Crippen molar-refractivity contribution in [3.05, 3.63) is 0 Å². The normalized spacial score (nSPS) is 19.3. The van der Waals surface area contributed by atoms with Gasteiger partial charge in [0.15, 0.2) is 0 Å². The van der Waals surface area contributed by atoms with E-state index in [-0.39, 0.29) is 6.42 Å². The van der Waals surface area contributed by atoms with Gasteiger partial charge in [0.2, 0.25) is 0 Å². The molecule has 1 rings (SSSR count). The van der Waals surface area contributed by atoms with Crippen molar-refractivity contribution in [2.24, 2.45) is 5.92 Å². The second kappa shape index (κ2) is 8.78. The van der Waals surface area contributed by atoms with Gasteiger partial charge in [-0.2, -0.15) is 13.2 Å². The van der Waals surface area contributed by atoms with Gasteiger partial charge in [0, 0.05) is 6.04 Å². The highest BCUT2D eigenvalue weighted by Crippen LogP contribution is 2.29. The first-order valence-electron chi connectivity index (χ1n) is 7.18. The van der Waals surface area contributed by atoms with Crippen molar-refractivity contribution in [2.45, 2.75) is 71.5 Å². The van der Waals surface area contributed by atoms with Crippen LogP contribution < -0.4 is 0 Å². The van der Waals surface area contributed by atoms with Crippen LogP contribution in [0, 0.1) is 5.92 Å². The van der Waals surface area contributed by atoms with E-state index in [9.17, 15) is 13.2 Å². The third kappa shape index (κ3) is 6.62. The van der Waals surface area contributed by atoms with Gasteiger partial charge >= 0.3 is 6.18 Å². The van der Waals surface area contributed by atoms with Crippen LogP contribution in [0.5, 0.6) is 0 Å². The predicted molar refractivity (Wildman–Crippen MR) is 70.7 cm³/mol. The van der Waals surface area contributed by atoms with E-state index in [0.29, 0.717) is 12.6 Å². The Kier molecular flexibility index (Phi) is 8.66. The Balaban J connectivity index is 0.00000137. The van der Waals surface area contributed by atoms with Crippen molar-refractivity contribution >= 4 is 0 Å². The third-order valence-corrected chi connectivity index (χ3v) is 3.67. The van der Waals surface area contributed by atoms with Crippen LogP contribution in [0.25, 0.3) is 0 Å². The quantitative estimate of drug-likeness (QED) is 0.702. The van der Waals surface area contributed by atoms with Gasteiger partial charge in [-0.15, -0.1) is 0 Å². The fraction of sp³-hybridized carbons (Fsp3) is 1.00. The van der Waals surface area contributed by atoms with Crippen molar-refractivity contribution in [3.8, 4) is 0 Å². The van der Waals surface area contributed by atoms with Gasteiger partial charge in [0.1, 0.15) is 0 Å². The molecule has 0 amide bonds. The van der Waals surface area contributed by atoms with Crippen LogP contribution in [0.15, 0.2) is 0 Å². The Labute approximate surface area is 110 Å². The Bertz CT molecular complexity index is 198. The van der Waals surface area contributed by atoms with Crippen LogP contribution in [0.4, 0.5) is 13.2 Å².